The molecule has 92 valence electrons. The lowest BCUT2D eigenvalue weighted by atomic mass is 10.1. The molecule has 1 aromatic rings. The molecule has 0 radical (unpaired) electrons. The van der Waals surface area contributed by atoms with Crippen LogP contribution in [0.5, 0.6) is 5.75 Å². The molecule has 0 aliphatic rings. The van der Waals surface area contributed by atoms with Crippen molar-refractivity contribution in [1.82, 2.24) is 5.32 Å². The zero-order chi connectivity index (χ0) is 12.7. The van der Waals surface area contributed by atoms with Gasteiger partial charge in [-0.15, -0.1) is 0 Å². The van der Waals surface area contributed by atoms with Gasteiger partial charge in [-0.3, -0.25) is 0 Å². The predicted molar refractivity (Wildman–Crippen MR) is 64.1 cm³/mol. The molecule has 0 amide bonds. The summed E-state index contributed by atoms with van der Waals surface area (Å²) >= 11 is 0. The van der Waals surface area contributed by atoms with Crippen molar-refractivity contribution in [2.45, 2.75) is 20.4 Å². The number of hydrogen-bond donors (Lipinski definition) is 1. The summed E-state index contributed by atoms with van der Waals surface area (Å²) in [6.45, 7) is 5.57. The molecule has 0 saturated carbocycles. The first kappa shape index (κ1) is 13.5. The molecule has 0 atom stereocenters. The molecule has 4 heteroatoms. The summed E-state index contributed by atoms with van der Waals surface area (Å²) in [7, 11) is 0. The number of benzene rings is 1. The molecular weight excluding hydrogens is 219 g/mol. The van der Waals surface area contributed by atoms with Crippen molar-refractivity contribution in [1.29, 1.82) is 5.26 Å². The van der Waals surface area contributed by atoms with Gasteiger partial charge in [-0.1, -0.05) is 13.8 Å². The first-order valence-electron chi connectivity index (χ1n) is 5.62. The fourth-order valence-electron chi connectivity index (χ4n) is 1.43. The van der Waals surface area contributed by atoms with E-state index in [4.69, 9.17) is 10.00 Å². The van der Waals surface area contributed by atoms with E-state index in [2.05, 4.69) is 19.2 Å². The summed E-state index contributed by atoms with van der Waals surface area (Å²) < 4.78 is 18.3. The minimum Gasteiger partial charge on any atom is -0.478 e. The Morgan fingerprint density at radius 1 is 1.47 bits per heavy atom. The Kier molecular flexibility index (Phi) is 5.44. The summed E-state index contributed by atoms with van der Waals surface area (Å²) in [5, 5.41) is 11.7. The van der Waals surface area contributed by atoms with E-state index in [0.717, 1.165) is 12.1 Å². The average Bonchev–Trinajstić information content (AvgIpc) is 2.27. The van der Waals surface area contributed by atoms with Crippen molar-refractivity contribution in [2.24, 2.45) is 5.92 Å². The van der Waals surface area contributed by atoms with Crippen LogP contribution in [-0.2, 0) is 6.54 Å². The second-order valence-electron chi connectivity index (χ2n) is 4.22. The Balaban J connectivity index is 2.66. The molecule has 0 bridgehead atoms. The van der Waals surface area contributed by atoms with E-state index in [-0.39, 0.29) is 12.4 Å². The van der Waals surface area contributed by atoms with E-state index in [0.29, 0.717) is 18.2 Å². The van der Waals surface area contributed by atoms with Gasteiger partial charge in [-0.25, -0.2) is 4.39 Å². The largest absolute Gasteiger partial charge is 0.478 e. The van der Waals surface area contributed by atoms with Gasteiger partial charge in [0.2, 0.25) is 0 Å². The fraction of sp³-hybridized carbons (Fsp3) is 0.462. The van der Waals surface area contributed by atoms with Gasteiger partial charge in [0.05, 0.1) is 0 Å². The SMILES string of the molecule is CC(C)CNCc1cc(F)ccc1OCC#N. The second kappa shape index (κ2) is 6.87. The third kappa shape index (κ3) is 4.83. The summed E-state index contributed by atoms with van der Waals surface area (Å²) in [4.78, 5) is 0. The lowest BCUT2D eigenvalue weighted by Gasteiger charge is -2.11. The maximum absolute atomic E-state index is 13.1. The Labute approximate surface area is 101 Å². The lowest BCUT2D eigenvalue weighted by Crippen LogP contribution is -2.19. The summed E-state index contributed by atoms with van der Waals surface area (Å²) in [5.41, 5.74) is 0.737. The van der Waals surface area contributed by atoms with Crippen LogP contribution in [0, 0.1) is 23.1 Å². The van der Waals surface area contributed by atoms with Gasteiger partial charge in [-0.2, -0.15) is 5.26 Å². The molecule has 3 nitrogen and oxygen atoms in total. The van der Waals surface area contributed by atoms with Gasteiger partial charge in [0.15, 0.2) is 6.61 Å². The standard InChI is InChI=1S/C13H17FN2O/c1-10(2)8-16-9-11-7-12(14)3-4-13(11)17-6-5-15/h3-4,7,10,16H,6,8-9H2,1-2H3. The molecule has 0 aliphatic carbocycles. The van der Waals surface area contributed by atoms with E-state index in [1.54, 1.807) is 6.07 Å². The second-order valence-corrected chi connectivity index (χ2v) is 4.22. The van der Waals surface area contributed by atoms with Crippen LogP contribution in [0.2, 0.25) is 0 Å². The van der Waals surface area contributed by atoms with Crippen LogP contribution in [0.15, 0.2) is 18.2 Å². The molecule has 1 aromatic carbocycles. The Bertz CT molecular complexity index is 399. The third-order valence-electron chi connectivity index (χ3n) is 2.18. The number of rotatable bonds is 6. The van der Waals surface area contributed by atoms with Crippen LogP contribution in [0.1, 0.15) is 19.4 Å². The number of nitriles is 1. The van der Waals surface area contributed by atoms with Crippen molar-refractivity contribution in [3.8, 4) is 11.8 Å². The molecule has 0 spiro atoms. The summed E-state index contributed by atoms with van der Waals surface area (Å²) in [6, 6.07) is 6.21. The molecule has 0 saturated heterocycles. The topological polar surface area (TPSA) is 45.0 Å². The van der Waals surface area contributed by atoms with Gasteiger partial charge >= 0.3 is 0 Å². The van der Waals surface area contributed by atoms with Crippen molar-refractivity contribution in [3.63, 3.8) is 0 Å². The van der Waals surface area contributed by atoms with Gasteiger partial charge in [0.25, 0.3) is 0 Å². The van der Waals surface area contributed by atoms with Crippen molar-refractivity contribution in [3.05, 3.63) is 29.6 Å². The number of nitrogens with zero attached hydrogens (tertiary/aromatic N) is 1. The third-order valence-corrected chi connectivity index (χ3v) is 2.18. The number of ether oxygens (including phenoxy) is 1. The molecule has 17 heavy (non-hydrogen) atoms. The van der Waals surface area contributed by atoms with E-state index in [9.17, 15) is 4.39 Å². The Morgan fingerprint density at radius 2 is 2.24 bits per heavy atom. The highest BCUT2D eigenvalue weighted by Crippen LogP contribution is 2.19. The van der Waals surface area contributed by atoms with Crippen molar-refractivity contribution in [2.75, 3.05) is 13.2 Å². The molecule has 0 unspecified atom stereocenters. The molecule has 0 heterocycles. The van der Waals surface area contributed by atoms with Gasteiger partial charge in [0.1, 0.15) is 17.6 Å². The number of nitrogens with one attached hydrogen (secondary N) is 1. The molecule has 0 fully saturated rings. The van der Waals surface area contributed by atoms with Gasteiger partial charge in [0, 0.05) is 12.1 Å². The number of hydrogen-bond acceptors (Lipinski definition) is 3. The van der Waals surface area contributed by atoms with E-state index < -0.39 is 0 Å². The normalized spacial score (nSPS) is 10.3. The lowest BCUT2D eigenvalue weighted by molar-refractivity contribution is 0.361. The van der Waals surface area contributed by atoms with E-state index in [1.165, 1.54) is 12.1 Å². The van der Waals surface area contributed by atoms with Crippen LogP contribution >= 0.6 is 0 Å². The molecular formula is C13H17FN2O. The minimum atomic E-state index is -0.296. The van der Waals surface area contributed by atoms with Crippen LogP contribution in [0.4, 0.5) is 4.39 Å². The van der Waals surface area contributed by atoms with Gasteiger partial charge < -0.3 is 10.1 Å². The summed E-state index contributed by atoms with van der Waals surface area (Å²) in [6.07, 6.45) is 0. The Morgan fingerprint density at radius 3 is 2.88 bits per heavy atom. The highest BCUT2D eigenvalue weighted by atomic mass is 19.1. The fourth-order valence-corrected chi connectivity index (χ4v) is 1.43. The number of halogens is 1. The van der Waals surface area contributed by atoms with Crippen molar-refractivity contribution >= 4 is 0 Å². The predicted octanol–water partition coefficient (Wildman–Crippen LogP) is 2.47. The van der Waals surface area contributed by atoms with E-state index >= 15 is 0 Å². The first-order valence-corrected chi connectivity index (χ1v) is 5.62. The molecule has 1 N–H and O–H groups in total. The quantitative estimate of drug-likeness (QED) is 0.825. The van der Waals surface area contributed by atoms with Crippen LogP contribution in [0.25, 0.3) is 0 Å². The van der Waals surface area contributed by atoms with E-state index in [1.807, 2.05) is 6.07 Å². The zero-order valence-electron chi connectivity index (χ0n) is 10.2. The van der Waals surface area contributed by atoms with Crippen LogP contribution in [-0.4, -0.2) is 13.2 Å². The molecule has 0 aromatic heterocycles. The first-order chi connectivity index (χ1) is 8.13. The van der Waals surface area contributed by atoms with Gasteiger partial charge in [-0.05, 0) is 30.7 Å². The maximum atomic E-state index is 13.1. The van der Waals surface area contributed by atoms with Crippen LogP contribution in [0.3, 0.4) is 0 Å². The summed E-state index contributed by atoms with van der Waals surface area (Å²) in [5.74, 6) is 0.798. The smallest absolute Gasteiger partial charge is 0.174 e. The van der Waals surface area contributed by atoms with Crippen LogP contribution < -0.4 is 10.1 Å². The molecule has 0 aliphatic heterocycles. The monoisotopic (exact) mass is 236 g/mol. The highest BCUT2D eigenvalue weighted by Gasteiger charge is 2.05. The molecule has 1 rings (SSSR count). The zero-order valence-corrected chi connectivity index (χ0v) is 10.2. The average molecular weight is 236 g/mol. The maximum Gasteiger partial charge on any atom is 0.174 e. The minimum absolute atomic E-state index is 0.0250. The Hall–Kier alpha value is -1.60. The van der Waals surface area contributed by atoms with Crippen molar-refractivity contribution < 1.29 is 9.13 Å². The highest BCUT2D eigenvalue weighted by molar-refractivity contribution is 5.34.